The van der Waals surface area contributed by atoms with Gasteiger partial charge in [0.05, 0.1) is 12.1 Å². The molecule has 0 spiro atoms. The highest BCUT2D eigenvalue weighted by Gasteiger charge is 2.25. The average molecular weight is 516 g/mol. The van der Waals surface area contributed by atoms with Crippen LogP contribution in [0.15, 0.2) is 29.1 Å². The summed E-state index contributed by atoms with van der Waals surface area (Å²) in [5.74, 6) is -3.24. The van der Waals surface area contributed by atoms with Crippen LogP contribution in [0.4, 0.5) is 10.6 Å². The molecule has 0 radical (unpaired) electrons. The monoisotopic (exact) mass is 515 g/mol. The maximum atomic E-state index is 13.1. The number of benzene rings is 1. The standard InChI is InChI=1S/C19H21N5O8S.ClH/c1-4-30-18(28)16(20)22-19(29)23-24(15-8-33-9-21-15)17(27)12-5-6-13(31-10(2)25)14(7-12)32-11(3)26;/h5-9,16H,4,20H2,1-3H3,(H2,22,23,29);1H. The van der Waals surface area contributed by atoms with Crippen LogP contribution in [0.5, 0.6) is 11.5 Å². The Morgan fingerprint density at radius 3 is 2.32 bits per heavy atom. The number of nitrogens with two attached hydrogens (primary N) is 1. The van der Waals surface area contributed by atoms with Gasteiger partial charge in [-0.3, -0.25) is 14.4 Å². The van der Waals surface area contributed by atoms with E-state index in [2.05, 4.69) is 15.7 Å². The lowest BCUT2D eigenvalue weighted by atomic mass is 10.2. The lowest BCUT2D eigenvalue weighted by Gasteiger charge is -2.22. The van der Waals surface area contributed by atoms with Gasteiger partial charge in [-0.2, -0.15) is 5.01 Å². The third-order valence-corrected chi connectivity index (χ3v) is 4.16. The first-order valence-corrected chi connectivity index (χ1v) is 10.3. The summed E-state index contributed by atoms with van der Waals surface area (Å²) in [6, 6.07) is 2.71. The number of hydrogen-bond acceptors (Lipinski definition) is 11. The first kappa shape index (κ1) is 28.3. The number of carbonyl (C=O) groups is 5. The number of hydrogen-bond donors (Lipinski definition) is 3. The van der Waals surface area contributed by atoms with Crippen molar-refractivity contribution >= 4 is 59.4 Å². The zero-order valence-electron chi connectivity index (χ0n) is 18.2. The number of rotatable bonds is 7. The number of carbonyl (C=O) groups excluding carboxylic acids is 5. The summed E-state index contributed by atoms with van der Waals surface area (Å²) < 4.78 is 14.7. The van der Waals surface area contributed by atoms with E-state index in [1.807, 2.05) is 0 Å². The lowest BCUT2D eigenvalue weighted by molar-refractivity contribution is -0.145. The number of anilines is 1. The SMILES string of the molecule is CCOC(=O)C(N)NC(=O)NN(C(=O)c1ccc(OC(C)=O)c(OC(C)=O)c1)c1cscn1.Cl. The second-order valence-corrected chi connectivity index (χ2v) is 6.87. The van der Waals surface area contributed by atoms with Crippen LogP contribution in [0.25, 0.3) is 0 Å². The van der Waals surface area contributed by atoms with Crippen LogP contribution in [0.1, 0.15) is 31.1 Å². The number of nitrogens with zero attached hydrogens (tertiary/aromatic N) is 2. The predicted molar refractivity (Wildman–Crippen MR) is 122 cm³/mol. The second-order valence-electron chi connectivity index (χ2n) is 6.15. The van der Waals surface area contributed by atoms with Crippen molar-refractivity contribution in [2.24, 2.45) is 5.73 Å². The van der Waals surface area contributed by atoms with Crippen molar-refractivity contribution in [3.8, 4) is 11.5 Å². The molecule has 1 heterocycles. The van der Waals surface area contributed by atoms with Crippen LogP contribution in [-0.2, 0) is 19.1 Å². The minimum absolute atomic E-state index is 0. The highest BCUT2D eigenvalue weighted by molar-refractivity contribution is 7.07. The maximum Gasteiger partial charge on any atom is 0.343 e. The molecule has 13 nitrogen and oxygen atoms in total. The molecule has 1 atom stereocenters. The summed E-state index contributed by atoms with van der Waals surface area (Å²) in [5, 5.41) is 4.41. The van der Waals surface area contributed by atoms with E-state index in [1.165, 1.54) is 23.0 Å². The molecular formula is C19H22ClN5O8S. The number of aromatic nitrogens is 1. The molecule has 0 fully saturated rings. The number of nitrogens with one attached hydrogen (secondary N) is 2. The summed E-state index contributed by atoms with van der Waals surface area (Å²) in [4.78, 5) is 63.8. The van der Waals surface area contributed by atoms with Gasteiger partial charge < -0.3 is 25.3 Å². The van der Waals surface area contributed by atoms with E-state index in [4.69, 9.17) is 19.9 Å². The molecular weight excluding hydrogens is 494 g/mol. The van der Waals surface area contributed by atoms with Crippen LogP contribution < -0.4 is 31.0 Å². The summed E-state index contributed by atoms with van der Waals surface area (Å²) in [5.41, 5.74) is 9.18. The summed E-state index contributed by atoms with van der Waals surface area (Å²) >= 11 is 1.15. The summed E-state index contributed by atoms with van der Waals surface area (Å²) in [6.45, 7) is 3.92. The van der Waals surface area contributed by atoms with Gasteiger partial charge in [0.2, 0.25) is 0 Å². The summed E-state index contributed by atoms with van der Waals surface area (Å²) in [7, 11) is 0. The molecule has 0 aliphatic carbocycles. The molecule has 184 valence electrons. The number of urea groups is 1. The van der Waals surface area contributed by atoms with Crippen molar-refractivity contribution in [1.29, 1.82) is 0 Å². The number of thiazole rings is 1. The van der Waals surface area contributed by atoms with Gasteiger partial charge in [-0.25, -0.2) is 20.0 Å². The first-order valence-electron chi connectivity index (χ1n) is 9.35. The van der Waals surface area contributed by atoms with Gasteiger partial charge in [0.25, 0.3) is 5.91 Å². The van der Waals surface area contributed by atoms with E-state index in [1.54, 1.807) is 6.92 Å². The molecule has 1 aromatic heterocycles. The van der Waals surface area contributed by atoms with Gasteiger partial charge in [0.1, 0.15) is 0 Å². The van der Waals surface area contributed by atoms with Gasteiger partial charge in [-0.15, -0.1) is 23.7 Å². The van der Waals surface area contributed by atoms with Gasteiger partial charge in [-0.1, -0.05) is 0 Å². The number of esters is 3. The van der Waals surface area contributed by atoms with Crippen LogP contribution in [-0.4, -0.2) is 47.6 Å². The zero-order valence-corrected chi connectivity index (χ0v) is 19.9. The number of halogens is 1. The Kier molecular flexibility index (Phi) is 10.9. The van der Waals surface area contributed by atoms with Crippen LogP contribution in [0.3, 0.4) is 0 Å². The molecule has 34 heavy (non-hydrogen) atoms. The molecule has 2 aromatic rings. The maximum absolute atomic E-state index is 13.1. The van der Waals surface area contributed by atoms with Crippen LogP contribution in [0.2, 0.25) is 0 Å². The fourth-order valence-corrected chi connectivity index (χ4v) is 2.86. The van der Waals surface area contributed by atoms with E-state index in [0.29, 0.717) is 0 Å². The van der Waals surface area contributed by atoms with Crippen LogP contribution >= 0.6 is 23.7 Å². The molecule has 1 aromatic carbocycles. The molecule has 0 aliphatic heterocycles. The van der Waals surface area contributed by atoms with Crippen molar-refractivity contribution in [1.82, 2.24) is 15.7 Å². The largest absolute Gasteiger partial charge is 0.463 e. The normalized spacial score (nSPS) is 10.7. The topological polar surface area (TPSA) is 179 Å². The molecule has 3 amide bonds. The molecule has 0 aliphatic rings. The Bertz CT molecular complexity index is 1050. The smallest absolute Gasteiger partial charge is 0.343 e. The Hall–Kier alpha value is -3.75. The number of ether oxygens (including phenoxy) is 3. The van der Waals surface area contributed by atoms with Gasteiger partial charge in [0, 0.05) is 24.8 Å². The Balaban J connectivity index is 0.00000578. The predicted octanol–water partition coefficient (Wildman–Crippen LogP) is 1.12. The van der Waals surface area contributed by atoms with Crippen molar-refractivity contribution < 1.29 is 38.2 Å². The van der Waals surface area contributed by atoms with Crippen molar-refractivity contribution in [3.63, 3.8) is 0 Å². The first-order chi connectivity index (χ1) is 15.6. The fourth-order valence-electron chi connectivity index (χ4n) is 2.34. The fraction of sp³-hybridized carbons (Fsp3) is 0.263. The third-order valence-electron chi connectivity index (χ3n) is 3.59. The van der Waals surface area contributed by atoms with E-state index < -0.39 is 36.0 Å². The summed E-state index contributed by atoms with van der Waals surface area (Å²) in [6.07, 6.45) is -1.48. The van der Waals surface area contributed by atoms with Crippen molar-refractivity contribution in [2.75, 3.05) is 11.6 Å². The van der Waals surface area contributed by atoms with Gasteiger partial charge in [-0.05, 0) is 25.1 Å². The third kappa shape index (κ3) is 7.99. The molecule has 0 saturated carbocycles. The second kappa shape index (κ2) is 13.1. The lowest BCUT2D eigenvalue weighted by Crippen LogP contribution is -2.57. The van der Waals surface area contributed by atoms with Crippen LogP contribution in [0, 0.1) is 0 Å². The highest BCUT2D eigenvalue weighted by atomic mass is 35.5. The van der Waals surface area contributed by atoms with E-state index >= 15 is 0 Å². The molecule has 1 unspecified atom stereocenters. The minimum atomic E-state index is -1.48. The highest BCUT2D eigenvalue weighted by Crippen LogP contribution is 2.30. The molecule has 15 heteroatoms. The van der Waals surface area contributed by atoms with Crippen molar-refractivity contribution in [3.05, 3.63) is 34.7 Å². The number of amides is 3. The number of hydrazine groups is 1. The molecule has 2 rings (SSSR count). The van der Waals surface area contributed by atoms with Gasteiger partial charge in [0.15, 0.2) is 23.5 Å². The Labute approximate surface area is 203 Å². The van der Waals surface area contributed by atoms with E-state index in [0.717, 1.165) is 36.3 Å². The minimum Gasteiger partial charge on any atom is -0.463 e. The average Bonchev–Trinajstić information content (AvgIpc) is 3.26. The van der Waals surface area contributed by atoms with E-state index in [9.17, 15) is 24.0 Å². The van der Waals surface area contributed by atoms with Gasteiger partial charge >= 0.3 is 23.9 Å². The molecule has 4 N–H and O–H groups in total. The van der Waals surface area contributed by atoms with E-state index in [-0.39, 0.29) is 41.9 Å². The molecule has 0 bridgehead atoms. The Morgan fingerprint density at radius 2 is 1.76 bits per heavy atom. The Morgan fingerprint density at radius 1 is 1.12 bits per heavy atom. The molecule has 0 saturated heterocycles. The zero-order chi connectivity index (χ0) is 24.5. The van der Waals surface area contributed by atoms with Crippen molar-refractivity contribution in [2.45, 2.75) is 26.9 Å². The quantitative estimate of drug-likeness (QED) is 0.209.